The van der Waals surface area contributed by atoms with Crippen molar-refractivity contribution in [3.63, 3.8) is 0 Å². The van der Waals surface area contributed by atoms with E-state index in [1.807, 2.05) is 0 Å². The van der Waals surface area contributed by atoms with Crippen molar-refractivity contribution in [3.05, 3.63) is 0 Å². The fourth-order valence-corrected chi connectivity index (χ4v) is 4.37. The summed E-state index contributed by atoms with van der Waals surface area (Å²) in [6.45, 7) is 23.4. The minimum absolute atomic E-state index is 0.00833. The molecule has 1 saturated heterocycles. The summed E-state index contributed by atoms with van der Waals surface area (Å²) in [5.74, 6) is 1.71. The van der Waals surface area contributed by atoms with Crippen LogP contribution in [0.25, 0.3) is 0 Å². The standard InChI is InChI=1S/C22H44N2O/c1-17(2)23(16-19-13-20(14-19)25-22(6,7)8)15-18-9-11-24(12-10-18)21(3,4)5/h17-20H,9-16H2,1-8H3. The van der Waals surface area contributed by atoms with Crippen LogP contribution in [0.5, 0.6) is 0 Å². The average Bonchev–Trinajstić information content (AvgIpc) is 2.42. The predicted molar refractivity (Wildman–Crippen MR) is 108 cm³/mol. The first kappa shape index (κ1) is 21.2. The highest BCUT2D eigenvalue weighted by Crippen LogP contribution is 2.34. The Morgan fingerprint density at radius 2 is 1.44 bits per heavy atom. The lowest BCUT2D eigenvalue weighted by Crippen LogP contribution is -2.49. The molecule has 1 aliphatic heterocycles. The molecule has 3 nitrogen and oxygen atoms in total. The molecule has 3 heteroatoms. The van der Waals surface area contributed by atoms with Crippen LogP contribution in [0.15, 0.2) is 0 Å². The first-order chi connectivity index (χ1) is 11.4. The van der Waals surface area contributed by atoms with Gasteiger partial charge in [0.05, 0.1) is 11.7 Å². The maximum absolute atomic E-state index is 6.12. The van der Waals surface area contributed by atoms with E-state index in [4.69, 9.17) is 4.74 Å². The number of rotatable bonds is 6. The summed E-state index contributed by atoms with van der Waals surface area (Å²) < 4.78 is 6.12. The molecule has 0 amide bonds. The van der Waals surface area contributed by atoms with Crippen LogP contribution in [-0.2, 0) is 4.74 Å². The molecule has 1 heterocycles. The molecule has 1 aliphatic carbocycles. The lowest BCUT2D eigenvalue weighted by molar-refractivity contribution is -0.116. The fraction of sp³-hybridized carbons (Fsp3) is 1.00. The molecule has 0 N–H and O–H groups in total. The maximum Gasteiger partial charge on any atom is 0.0602 e. The van der Waals surface area contributed by atoms with E-state index in [1.165, 1.54) is 51.9 Å². The molecule has 2 fully saturated rings. The minimum atomic E-state index is 0.00833. The van der Waals surface area contributed by atoms with Gasteiger partial charge in [-0.15, -0.1) is 0 Å². The van der Waals surface area contributed by atoms with E-state index < -0.39 is 0 Å². The third-order valence-corrected chi connectivity index (χ3v) is 5.99. The third kappa shape index (κ3) is 6.84. The summed E-state index contributed by atoms with van der Waals surface area (Å²) in [6.07, 6.45) is 5.72. The van der Waals surface area contributed by atoms with Crippen LogP contribution in [-0.4, -0.2) is 59.3 Å². The Morgan fingerprint density at radius 1 is 0.920 bits per heavy atom. The molecule has 25 heavy (non-hydrogen) atoms. The summed E-state index contributed by atoms with van der Waals surface area (Å²) in [6, 6.07) is 0.656. The summed E-state index contributed by atoms with van der Waals surface area (Å²) in [7, 11) is 0. The molecule has 0 bridgehead atoms. The largest absolute Gasteiger partial charge is 0.373 e. The highest BCUT2D eigenvalue weighted by atomic mass is 16.5. The molecule has 0 unspecified atom stereocenters. The number of hydrogen-bond donors (Lipinski definition) is 0. The second kappa shape index (κ2) is 8.27. The molecule has 0 aromatic heterocycles. The maximum atomic E-state index is 6.12. The van der Waals surface area contributed by atoms with Crippen molar-refractivity contribution in [3.8, 4) is 0 Å². The van der Waals surface area contributed by atoms with Gasteiger partial charge in [0.25, 0.3) is 0 Å². The zero-order valence-corrected chi connectivity index (χ0v) is 18.3. The predicted octanol–water partition coefficient (Wildman–Crippen LogP) is 4.80. The monoisotopic (exact) mass is 352 g/mol. The van der Waals surface area contributed by atoms with Crippen LogP contribution in [0.4, 0.5) is 0 Å². The molecule has 148 valence electrons. The topological polar surface area (TPSA) is 15.7 Å². The first-order valence-corrected chi connectivity index (χ1v) is 10.6. The molecular weight excluding hydrogens is 308 g/mol. The van der Waals surface area contributed by atoms with Crippen molar-refractivity contribution in [1.82, 2.24) is 9.80 Å². The van der Waals surface area contributed by atoms with E-state index in [0.29, 0.717) is 17.7 Å². The second-order valence-corrected chi connectivity index (χ2v) is 10.8. The summed E-state index contributed by atoms with van der Waals surface area (Å²) in [5.41, 5.74) is 0.338. The van der Waals surface area contributed by atoms with Gasteiger partial charge in [0.1, 0.15) is 0 Å². The quantitative estimate of drug-likeness (QED) is 0.683. The normalized spacial score (nSPS) is 27.1. The van der Waals surface area contributed by atoms with Crippen LogP contribution < -0.4 is 0 Å². The summed E-state index contributed by atoms with van der Waals surface area (Å²) in [5, 5.41) is 0. The van der Waals surface area contributed by atoms with Gasteiger partial charge in [0.2, 0.25) is 0 Å². The lowest BCUT2D eigenvalue weighted by atomic mass is 9.81. The smallest absolute Gasteiger partial charge is 0.0602 e. The fourth-order valence-electron chi connectivity index (χ4n) is 4.37. The van der Waals surface area contributed by atoms with E-state index in [1.54, 1.807) is 0 Å². The van der Waals surface area contributed by atoms with Crippen molar-refractivity contribution < 1.29 is 4.74 Å². The average molecular weight is 353 g/mol. The Bertz CT molecular complexity index is 393. The molecule has 2 rings (SSSR count). The SMILES string of the molecule is CC(C)N(CC1CCN(C(C)(C)C)CC1)CC1CC(OC(C)(C)C)C1. The van der Waals surface area contributed by atoms with Crippen LogP contribution in [0.1, 0.15) is 81.1 Å². The Balaban J connectivity index is 1.74. The van der Waals surface area contributed by atoms with Crippen LogP contribution in [0, 0.1) is 11.8 Å². The van der Waals surface area contributed by atoms with E-state index in [9.17, 15) is 0 Å². The molecule has 0 aromatic carbocycles. The van der Waals surface area contributed by atoms with Crippen molar-refractivity contribution in [2.75, 3.05) is 26.2 Å². The molecule has 0 aromatic rings. The van der Waals surface area contributed by atoms with Crippen LogP contribution in [0.3, 0.4) is 0 Å². The van der Waals surface area contributed by atoms with Gasteiger partial charge in [-0.05, 0) is 106 Å². The molecular formula is C22H44N2O. The Labute approximate surface area is 157 Å². The van der Waals surface area contributed by atoms with Gasteiger partial charge < -0.3 is 9.64 Å². The third-order valence-electron chi connectivity index (χ3n) is 5.99. The number of likely N-dealkylation sites (tertiary alicyclic amines) is 1. The van der Waals surface area contributed by atoms with Crippen LogP contribution in [0.2, 0.25) is 0 Å². The van der Waals surface area contributed by atoms with Crippen molar-refractivity contribution in [2.45, 2.75) is 104 Å². The molecule has 0 spiro atoms. The lowest BCUT2D eigenvalue weighted by Gasteiger charge is -2.44. The van der Waals surface area contributed by atoms with Crippen molar-refractivity contribution >= 4 is 0 Å². The highest BCUT2D eigenvalue weighted by molar-refractivity contribution is 4.87. The minimum Gasteiger partial charge on any atom is -0.373 e. The Kier molecular flexibility index (Phi) is 7.01. The van der Waals surface area contributed by atoms with Gasteiger partial charge in [-0.2, -0.15) is 0 Å². The molecule has 1 saturated carbocycles. The Morgan fingerprint density at radius 3 is 1.88 bits per heavy atom. The molecule has 0 radical (unpaired) electrons. The highest BCUT2D eigenvalue weighted by Gasteiger charge is 2.35. The van der Waals surface area contributed by atoms with Crippen molar-refractivity contribution in [1.29, 1.82) is 0 Å². The van der Waals surface area contributed by atoms with Gasteiger partial charge >= 0.3 is 0 Å². The van der Waals surface area contributed by atoms with Gasteiger partial charge in [-0.3, -0.25) is 4.90 Å². The molecule has 0 atom stereocenters. The number of ether oxygens (including phenoxy) is 1. The second-order valence-electron chi connectivity index (χ2n) is 10.8. The number of piperidine rings is 1. The van der Waals surface area contributed by atoms with Gasteiger partial charge in [-0.1, -0.05) is 0 Å². The zero-order chi connectivity index (χ0) is 18.8. The van der Waals surface area contributed by atoms with E-state index in [2.05, 4.69) is 65.2 Å². The van der Waals surface area contributed by atoms with Crippen molar-refractivity contribution in [2.24, 2.45) is 11.8 Å². The van der Waals surface area contributed by atoms with E-state index >= 15 is 0 Å². The van der Waals surface area contributed by atoms with E-state index in [-0.39, 0.29) is 5.60 Å². The number of hydrogen-bond acceptors (Lipinski definition) is 3. The summed E-state index contributed by atoms with van der Waals surface area (Å²) in [4.78, 5) is 5.40. The van der Waals surface area contributed by atoms with E-state index in [0.717, 1.165) is 11.8 Å². The van der Waals surface area contributed by atoms with Crippen LogP contribution >= 0.6 is 0 Å². The summed E-state index contributed by atoms with van der Waals surface area (Å²) >= 11 is 0. The van der Waals surface area contributed by atoms with Gasteiger partial charge in [0, 0.05) is 24.7 Å². The zero-order valence-electron chi connectivity index (χ0n) is 18.3. The van der Waals surface area contributed by atoms with Gasteiger partial charge in [0.15, 0.2) is 0 Å². The first-order valence-electron chi connectivity index (χ1n) is 10.6. The molecule has 2 aliphatic rings. The number of nitrogens with zero attached hydrogens (tertiary/aromatic N) is 2. The Hall–Kier alpha value is -0.120. The van der Waals surface area contributed by atoms with Gasteiger partial charge in [-0.25, -0.2) is 0 Å².